The molecule has 27 heavy (non-hydrogen) atoms. The second kappa shape index (κ2) is 6.95. The van der Waals surface area contributed by atoms with Crippen molar-refractivity contribution < 1.29 is 14.5 Å². The number of fused-ring (bicyclic) bond motifs is 1. The van der Waals surface area contributed by atoms with Gasteiger partial charge in [-0.25, -0.2) is 0 Å². The molecule has 0 fully saturated rings. The summed E-state index contributed by atoms with van der Waals surface area (Å²) in [6.45, 7) is 5.89. The Morgan fingerprint density at radius 1 is 1.22 bits per heavy atom. The van der Waals surface area contributed by atoms with Crippen molar-refractivity contribution in [1.82, 2.24) is 0 Å². The van der Waals surface area contributed by atoms with E-state index < -0.39 is 4.92 Å². The topological polar surface area (TPSA) is 81.5 Å². The van der Waals surface area contributed by atoms with Gasteiger partial charge in [0.15, 0.2) is 0 Å². The molecular weight excluding hydrogens is 459 g/mol. The number of methoxy groups -OCH3 is 1. The molecule has 1 aliphatic rings. The summed E-state index contributed by atoms with van der Waals surface area (Å²) in [6.07, 6.45) is 1.69. The second-order valence-electron chi connectivity index (χ2n) is 7.33. The summed E-state index contributed by atoms with van der Waals surface area (Å²) in [5.41, 5.74) is 2.85. The van der Waals surface area contributed by atoms with Gasteiger partial charge in [0.05, 0.1) is 12.0 Å². The molecule has 3 rings (SSSR count). The summed E-state index contributed by atoms with van der Waals surface area (Å²) in [5.74, 6) is 0.0308. The van der Waals surface area contributed by atoms with Gasteiger partial charge in [0.25, 0.3) is 5.91 Å². The summed E-state index contributed by atoms with van der Waals surface area (Å²) in [5, 5.41) is 14.4. The standard InChI is InChI=1S/C20H19IN2O4/c1-20(2,3)15-8-11(9-17(23(25)26)18(15)27-4)7-14-13-10-12(21)5-6-16(13)22-19(14)24/h5-10H,1-4H3,(H,22,24). The van der Waals surface area contributed by atoms with Gasteiger partial charge in [0, 0.05) is 32.0 Å². The van der Waals surface area contributed by atoms with Crippen LogP contribution in [0.3, 0.4) is 0 Å². The first-order valence-electron chi connectivity index (χ1n) is 8.31. The second-order valence-corrected chi connectivity index (χ2v) is 8.58. The molecule has 0 aromatic heterocycles. The van der Waals surface area contributed by atoms with Crippen molar-refractivity contribution in [2.24, 2.45) is 0 Å². The van der Waals surface area contributed by atoms with Gasteiger partial charge in [-0.15, -0.1) is 0 Å². The number of hydrogen-bond donors (Lipinski definition) is 1. The Balaban J connectivity index is 2.23. The van der Waals surface area contributed by atoms with E-state index in [-0.39, 0.29) is 22.8 Å². The Bertz CT molecular complexity index is 990. The molecule has 0 radical (unpaired) electrons. The largest absolute Gasteiger partial charge is 0.490 e. The zero-order valence-electron chi connectivity index (χ0n) is 15.4. The third kappa shape index (κ3) is 3.69. The maximum absolute atomic E-state index is 12.4. The average molecular weight is 478 g/mol. The van der Waals surface area contributed by atoms with E-state index in [2.05, 4.69) is 27.9 Å². The first-order chi connectivity index (χ1) is 12.6. The SMILES string of the molecule is COc1c([N+](=O)[O-])cc(C=C2C(=O)Nc3ccc(I)cc32)cc1C(C)(C)C. The van der Waals surface area contributed by atoms with Crippen LogP contribution in [-0.2, 0) is 10.2 Å². The maximum atomic E-state index is 12.4. The predicted molar refractivity (Wildman–Crippen MR) is 114 cm³/mol. The molecule has 7 heteroatoms. The highest BCUT2D eigenvalue weighted by molar-refractivity contribution is 14.1. The molecule has 140 valence electrons. The zero-order valence-corrected chi connectivity index (χ0v) is 17.6. The third-order valence-electron chi connectivity index (χ3n) is 4.38. The molecule has 2 aromatic carbocycles. The fraction of sp³-hybridized carbons (Fsp3) is 0.250. The van der Waals surface area contributed by atoms with Crippen LogP contribution >= 0.6 is 22.6 Å². The molecule has 0 bridgehead atoms. The zero-order chi connectivity index (χ0) is 19.9. The number of hydrogen-bond acceptors (Lipinski definition) is 4. The average Bonchev–Trinajstić information content (AvgIpc) is 2.88. The van der Waals surface area contributed by atoms with Crippen molar-refractivity contribution in [3.8, 4) is 5.75 Å². The molecule has 0 spiro atoms. The first-order valence-corrected chi connectivity index (χ1v) is 9.39. The lowest BCUT2D eigenvalue weighted by Gasteiger charge is -2.22. The number of carbonyl (C=O) groups is 1. The van der Waals surface area contributed by atoms with E-state index >= 15 is 0 Å². The minimum Gasteiger partial charge on any atom is -0.490 e. The van der Waals surface area contributed by atoms with Crippen LogP contribution in [0.5, 0.6) is 5.75 Å². The van der Waals surface area contributed by atoms with Crippen molar-refractivity contribution in [1.29, 1.82) is 0 Å². The van der Waals surface area contributed by atoms with Gasteiger partial charge in [-0.2, -0.15) is 0 Å². The number of amides is 1. The molecule has 0 saturated heterocycles. The van der Waals surface area contributed by atoms with E-state index in [1.807, 2.05) is 45.0 Å². The maximum Gasteiger partial charge on any atom is 0.311 e. The van der Waals surface area contributed by atoms with E-state index in [9.17, 15) is 14.9 Å². The normalized spacial score (nSPS) is 14.9. The molecule has 0 unspecified atom stereocenters. The Hall–Kier alpha value is -2.42. The molecule has 1 N–H and O–H groups in total. The van der Waals surface area contributed by atoms with Gasteiger partial charge in [-0.05, 0) is 63.9 Å². The number of carbonyl (C=O) groups excluding carboxylic acids is 1. The van der Waals surface area contributed by atoms with Crippen molar-refractivity contribution in [2.45, 2.75) is 26.2 Å². The summed E-state index contributed by atoms with van der Waals surface area (Å²) >= 11 is 2.19. The lowest BCUT2D eigenvalue weighted by atomic mass is 9.84. The molecule has 6 nitrogen and oxygen atoms in total. The Labute approximate surface area is 170 Å². The fourth-order valence-corrected chi connectivity index (χ4v) is 3.59. The van der Waals surface area contributed by atoms with Crippen LogP contribution in [0.4, 0.5) is 11.4 Å². The molecule has 2 aromatic rings. The third-order valence-corrected chi connectivity index (χ3v) is 5.05. The number of anilines is 1. The molecular formula is C20H19IN2O4. The van der Waals surface area contributed by atoms with Crippen LogP contribution in [-0.4, -0.2) is 17.9 Å². The highest BCUT2D eigenvalue weighted by atomic mass is 127. The van der Waals surface area contributed by atoms with E-state index in [4.69, 9.17) is 4.74 Å². The summed E-state index contributed by atoms with van der Waals surface area (Å²) < 4.78 is 6.34. The minimum atomic E-state index is -0.457. The Kier molecular flexibility index (Phi) is 4.98. The number of nitro benzene ring substituents is 1. The lowest BCUT2D eigenvalue weighted by molar-refractivity contribution is -0.385. The van der Waals surface area contributed by atoms with Crippen LogP contribution in [0.25, 0.3) is 11.6 Å². The Morgan fingerprint density at radius 3 is 2.52 bits per heavy atom. The van der Waals surface area contributed by atoms with E-state index in [0.29, 0.717) is 16.7 Å². The summed E-state index contributed by atoms with van der Waals surface area (Å²) in [4.78, 5) is 23.6. The van der Waals surface area contributed by atoms with E-state index in [1.165, 1.54) is 13.2 Å². The number of nitrogens with one attached hydrogen (secondary N) is 1. The van der Waals surface area contributed by atoms with Crippen molar-refractivity contribution in [3.63, 3.8) is 0 Å². The summed E-state index contributed by atoms with van der Waals surface area (Å²) in [6, 6.07) is 8.98. The van der Waals surface area contributed by atoms with Gasteiger partial charge in [0.2, 0.25) is 5.75 Å². The fourth-order valence-electron chi connectivity index (χ4n) is 3.10. The monoisotopic (exact) mass is 478 g/mol. The van der Waals surface area contributed by atoms with Crippen molar-refractivity contribution in [3.05, 3.63) is 60.7 Å². The molecule has 1 amide bonds. The highest BCUT2D eigenvalue weighted by Crippen LogP contribution is 2.41. The number of nitro groups is 1. The molecule has 1 heterocycles. The van der Waals surface area contributed by atoms with Crippen LogP contribution < -0.4 is 10.1 Å². The van der Waals surface area contributed by atoms with Crippen LogP contribution in [0.1, 0.15) is 37.5 Å². The minimum absolute atomic E-state index is 0.113. The van der Waals surface area contributed by atoms with Gasteiger partial charge < -0.3 is 10.1 Å². The first kappa shape index (κ1) is 19.3. The molecule has 0 saturated carbocycles. The lowest BCUT2D eigenvalue weighted by Crippen LogP contribution is -2.14. The molecule has 0 atom stereocenters. The van der Waals surface area contributed by atoms with Gasteiger partial charge >= 0.3 is 5.69 Å². The smallest absolute Gasteiger partial charge is 0.311 e. The number of nitrogens with zero attached hydrogens (tertiary/aromatic N) is 1. The Morgan fingerprint density at radius 2 is 1.93 bits per heavy atom. The highest BCUT2D eigenvalue weighted by Gasteiger charge is 2.29. The van der Waals surface area contributed by atoms with Crippen LogP contribution in [0.2, 0.25) is 0 Å². The van der Waals surface area contributed by atoms with Crippen molar-refractivity contribution in [2.75, 3.05) is 12.4 Å². The van der Waals surface area contributed by atoms with Crippen LogP contribution in [0.15, 0.2) is 30.3 Å². The van der Waals surface area contributed by atoms with E-state index in [0.717, 1.165) is 14.8 Å². The number of ether oxygens (including phenoxy) is 1. The summed E-state index contributed by atoms with van der Waals surface area (Å²) in [7, 11) is 1.43. The quantitative estimate of drug-likeness (QED) is 0.292. The number of rotatable bonds is 3. The number of halogens is 1. The van der Waals surface area contributed by atoms with Gasteiger partial charge in [0.1, 0.15) is 0 Å². The number of benzene rings is 2. The predicted octanol–water partition coefficient (Wildman–Crippen LogP) is 5.00. The van der Waals surface area contributed by atoms with Gasteiger partial charge in [-0.3, -0.25) is 14.9 Å². The molecule has 1 aliphatic heterocycles. The van der Waals surface area contributed by atoms with Gasteiger partial charge in [-0.1, -0.05) is 20.8 Å². The molecule has 0 aliphatic carbocycles. The van der Waals surface area contributed by atoms with E-state index in [1.54, 1.807) is 6.08 Å². The van der Waals surface area contributed by atoms with Crippen LogP contribution in [0, 0.1) is 13.7 Å². The van der Waals surface area contributed by atoms with Crippen molar-refractivity contribution >= 4 is 51.5 Å².